The molecular weight excluding hydrogens is 443 g/mol. The molecule has 0 radical (unpaired) electrons. The zero-order valence-corrected chi connectivity index (χ0v) is 19.6. The summed E-state index contributed by atoms with van der Waals surface area (Å²) >= 11 is 0. The highest BCUT2D eigenvalue weighted by Gasteiger charge is 2.58. The fraction of sp³-hybridized carbons (Fsp3) is 0.560. The van der Waals surface area contributed by atoms with Gasteiger partial charge in [-0.05, 0) is 40.7 Å². The van der Waals surface area contributed by atoms with Gasteiger partial charge in [0.15, 0.2) is 13.2 Å². The minimum absolute atomic E-state index is 0.0307. The van der Waals surface area contributed by atoms with Gasteiger partial charge in [-0.2, -0.15) is 22.0 Å². The van der Waals surface area contributed by atoms with Gasteiger partial charge in [0.1, 0.15) is 5.75 Å². The van der Waals surface area contributed by atoms with Crippen LogP contribution in [0.1, 0.15) is 58.9 Å². The summed E-state index contributed by atoms with van der Waals surface area (Å²) in [5, 5.41) is 1.67. The van der Waals surface area contributed by atoms with E-state index >= 15 is 0 Å². The third-order valence-electron chi connectivity index (χ3n) is 6.03. The summed E-state index contributed by atoms with van der Waals surface area (Å²) < 4.78 is 72.2. The summed E-state index contributed by atoms with van der Waals surface area (Å²) in [4.78, 5) is 11.7. The van der Waals surface area contributed by atoms with Crippen LogP contribution in [-0.2, 0) is 9.53 Å². The second-order valence-corrected chi connectivity index (χ2v) is 9.37. The van der Waals surface area contributed by atoms with Gasteiger partial charge in [-0.15, -0.1) is 0 Å². The number of halogens is 5. The molecule has 0 aliphatic heterocycles. The van der Waals surface area contributed by atoms with Crippen molar-refractivity contribution < 1.29 is 36.2 Å². The molecule has 184 valence electrons. The van der Waals surface area contributed by atoms with Crippen LogP contribution in [0.25, 0.3) is 10.8 Å². The molecule has 8 heteroatoms. The van der Waals surface area contributed by atoms with E-state index in [1.807, 2.05) is 18.2 Å². The topological polar surface area (TPSA) is 35.5 Å². The van der Waals surface area contributed by atoms with Crippen LogP contribution in [0.15, 0.2) is 36.4 Å². The lowest BCUT2D eigenvalue weighted by atomic mass is 9.69. The number of esters is 1. The molecule has 0 aromatic heterocycles. The zero-order valence-electron chi connectivity index (χ0n) is 19.6. The number of ether oxygens (including phenoxy) is 2. The summed E-state index contributed by atoms with van der Waals surface area (Å²) in [5.74, 6) is -5.37. The first-order valence-electron chi connectivity index (χ1n) is 10.9. The van der Waals surface area contributed by atoms with Gasteiger partial charge in [0.05, 0.1) is 0 Å². The maximum atomic E-state index is 13.0. The number of fused-ring (bicyclic) bond motifs is 1. The first-order chi connectivity index (χ1) is 15.2. The van der Waals surface area contributed by atoms with Crippen LogP contribution >= 0.6 is 0 Å². The highest BCUT2D eigenvalue weighted by molar-refractivity contribution is 5.91. The third kappa shape index (κ3) is 6.58. The molecule has 2 aromatic rings. The first kappa shape index (κ1) is 26.9. The quantitative estimate of drug-likeness (QED) is 0.264. The van der Waals surface area contributed by atoms with Crippen molar-refractivity contribution in [3.8, 4) is 5.75 Å². The van der Waals surface area contributed by atoms with Gasteiger partial charge in [0, 0.05) is 5.39 Å². The Morgan fingerprint density at radius 3 is 2.15 bits per heavy atom. The van der Waals surface area contributed by atoms with E-state index in [1.165, 1.54) is 0 Å². The fourth-order valence-electron chi connectivity index (χ4n) is 3.75. The summed E-state index contributed by atoms with van der Waals surface area (Å²) in [5.41, 5.74) is 1.18. The molecule has 0 fully saturated rings. The van der Waals surface area contributed by atoms with Gasteiger partial charge in [0.25, 0.3) is 0 Å². The third-order valence-corrected chi connectivity index (χ3v) is 6.03. The highest BCUT2D eigenvalue weighted by Crippen LogP contribution is 2.45. The Balaban J connectivity index is 2.26. The monoisotopic (exact) mass is 474 g/mol. The molecule has 0 N–H and O–H groups in total. The van der Waals surface area contributed by atoms with Crippen LogP contribution in [0.3, 0.4) is 0 Å². The number of hydrogen-bond donors (Lipinski definition) is 0. The molecule has 2 rings (SSSR count). The first-order valence-corrected chi connectivity index (χ1v) is 10.9. The van der Waals surface area contributed by atoms with Crippen LogP contribution in [0.4, 0.5) is 22.0 Å². The maximum Gasteiger partial charge on any atom is 0.456 e. The molecule has 1 unspecified atom stereocenters. The summed E-state index contributed by atoms with van der Waals surface area (Å²) in [6, 6.07) is 11.1. The Bertz CT molecular complexity index is 951. The number of benzene rings is 2. The fourth-order valence-corrected chi connectivity index (χ4v) is 3.75. The SMILES string of the molecule is CCC(C)(C)C(CC(C)C)c1cccc2c(OCC(=O)OCC(F)(F)C(F)(F)F)cccc12. The van der Waals surface area contributed by atoms with Crippen LogP contribution in [0.5, 0.6) is 5.75 Å². The standard InChI is InChI=1S/C25H31F5O3/c1-6-23(4,5)20(13-16(2)3)18-10-7-11-19-17(18)9-8-12-21(19)32-14-22(31)33-15-24(26,27)25(28,29)30/h7-12,16,20H,6,13-15H2,1-5H3. The smallest absolute Gasteiger partial charge is 0.456 e. The molecule has 1 atom stereocenters. The maximum absolute atomic E-state index is 13.0. The summed E-state index contributed by atoms with van der Waals surface area (Å²) in [7, 11) is 0. The van der Waals surface area contributed by atoms with Crippen molar-refractivity contribution in [3.63, 3.8) is 0 Å². The Morgan fingerprint density at radius 2 is 1.58 bits per heavy atom. The van der Waals surface area contributed by atoms with Gasteiger partial charge in [-0.3, -0.25) is 0 Å². The lowest BCUT2D eigenvalue weighted by molar-refractivity contribution is -0.294. The van der Waals surface area contributed by atoms with E-state index in [-0.39, 0.29) is 11.3 Å². The molecule has 0 aliphatic carbocycles. The molecule has 33 heavy (non-hydrogen) atoms. The van der Waals surface area contributed by atoms with Gasteiger partial charge in [-0.25, -0.2) is 4.79 Å². The molecule has 0 saturated heterocycles. The van der Waals surface area contributed by atoms with Crippen LogP contribution in [-0.4, -0.2) is 31.3 Å². The molecular formula is C25H31F5O3. The van der Waals surface area contributed by atoms with Gasteiger partial charge >= 0.3 is 18.1 Å². The van der Waals surface area contributed by atoms with Crippen molar-refractivity contribution in [2.24, 2.45) is 11.3 Å². The van der Waals surface area contributed by atoms with Crippen LogP contribution in [0.2, 0.25) is 0 Å². The van der Waals surface area contributed by atoms with Crippen molar-refractivity contribution in [1.82, 2.24) is 0 Å². The lowest BCUT2D eigenvalue weighted by Crippen LogP contribution is -2.41. The zero-order chi connectivity index (χ0) is 25.0. The van der Waals surface area contributed by atoms with E-state index in [0.717, 1.165) is 29.2 Å². The van der Waals surface area contributed by atoms with E-state index in [2.05, 4.69) is 45.4 Å². The molecule has 0 spiro atoms. The Kier molecular flexibility index (Phi) is 8.36. The van der Waals surface area contributed by atoms with Crippen molar-refractivity contribution in [2.75, 3.05) is 13.2 Å². The number of rotatable bonds is 10. The van der Waals surface area contributed by atoms with Crippen molar-refractivity contribution in [2.45, 2.75) is 65.5 Å². The Morgan fingerprint density at radius 1 is 0.970 bits per heavy atom. The Labute approximate surface area is 191 Å². The second-order valence-electron chi connectivity index (χ2n) is 9.37. The van der Waals surface area contributed by atoms with Crippen LogP contribution in [0, 0.1) is 11.3 Å². The molecule has 0 aliphatic rings. The number of hydrogen-bond acceptors (Lipinski definition) is 3. The van der Waals surface area contributed by atoms with Crippen LogP contribution < -0.4 is 4.74 Å². The molecule has 0 saturated carbocycles. The summed E-state index contributed by atoms with van der Waals surface area (Å²) in [6.45, 7) is 8.09. The molecule has 3 nitrogen and oxygen atoms in total. The highest BCUT2D eigenvalue weighted by atomic mass is 19.4. The number of carbonyl (C=O) groups is 1. The van der Waals surface area contributed by atoms with Gasteiger partial charge in [-0.1, -0.05) is 71.4 Å². The minimum atomic E-state index is -5.79. The Hall–Kier alpha value is -2.38. The van der Waals surface area contributed by atoms with Gasteiger partial charge < -0.3 is 9.47 Å². The van der Waals surface area contributed by atoms with Gasteiger partial charge in [0.2, 0.25) is 0 Å². The minimum Gasteiger partial charge on any atom is -0.481 e. The second kappa shape index (κ2) is 10.3. The average molecular weight is 475 g/mol. The van der Waals surface area contributed by atoms with Crippen molar-refractivity contribution in [3.05, 3.63) is 42.0 Å². The van der Waals surface area contributed by atoms with E-state index in [1.54, 1.807) is 12.1 Å². The van der Waals surface area contributed by atoms with Crippen molar-refractivity contribution >= 4 is 16.7 Å². The predicted octanol–water partition coefficient (Wildman–Crippen LogP) is 7.53. The predicted molar refractivity (Wildman–Crippen MR) is 118 cm³/mol. The number of alkyl halides is 5. The van der Waals surface area contributed by atoms with E-state index in [0.29, 0.717) is 11.7 Å². The van der Waals surface area contributed by atoms with E-state index in [4.69, 9.17) is 4.74 Å². The number of carbonyl (C=O) groups excluding carboxylic acids is 1. The largest absolute Gasteiger partial charge is 0.481 e. The van der Waals surface area contributed by atoms with E-state index < -0.39 is 31.3 Å². The normalized spacial score (nSPS) is 13.9. The lowest BCUT2D eigenvalue weighted by Gasteiger charge is -2.36. The molecule has 0 bridgehead atoms. The molecule has 0 amide bonds. The average Bonchev–Trinajstić information content (AvgIpc) is 2.73. The van der Waals surface area contributed by atoms with Crippen molar-refractivity contribution in [1.29, 1.82) is 0 Å². The molecule has 2 aromatic carbocycles. The van der Waals surface area contributed by atoms with E-state index in [9.17, 15) is 26.7 Å². The summed E-state index contributed by atoms with van der Waals surface area (Å²) in [6.07, 6.45) is -3.84. The molecule has 0 heterocycles.